The quantitative estimate of drug-likeness (QED) is 0.886. The van der Waals surface area contributed by atoms with Crippen LogP contribution in [0.5, 0.6) is 0 Å². The molecule has 1 aromatic rings. The molecule has 18 heavy (non-hydrogen) atoms. The first-order valence-electron chi connectivity index (χ1n) is 6.80. The van der Waals surface area contributed by atoms with Crippen molar-refractivity contribution in [2.24, 2.45) is 5.92 Å². The molecule has 0 aliphatic carbocycles. The average Bonchev–Trinajstić information content (AvgIpc) is 2.41. The molecule has 2 atom stereocenters. The normalized spacial score (nSPS) is 24.0. The zero-order valence-corrected chi connectivity index (χ0v) is 11.2. The third-order valence-corrected chi connectivity index (χ3v) is 3.68. The molecule has 0 saturated carbocycles. The summed E-state index contributed by atoms with van der Waals surface area (Å²) in [6, 6.07) is 10.1. The van der Waals surface area contributed by atoms with Crippen molar-refractivity contribution in [3.8, 4) is 0 Å². The molecule has 0 aromatic heterocycles. The van der Waals surface area contributed by atoms with Gasteiger partial charge in [0.05, 0.1) is 0 Å². The lowest BCUT2D eigenvalue weighted by atomic mass is 9.93. The molecule has 1 aromatic carbocycles. The standard InChI is InChI=1S/C15H22N2O/c1-3-16-14-9-10-17(11-12(14)2)15(18)13-7-5-4-6-8-13/h4-8,12,14,16H,3,9-11H2,1-2H3. The molecule has 1 aliphatic rings. The molecule has 1 amide bonds. The van der Waals surface area contributed by atoms with Crippen molar-refractivity contribution in [1.82, 2.24) is 10.2 Å². The smallest absolute Gasteiger partial charge is 0.253 e. The van der Waals surface area contributed by atoms with E-state index in [9.17, 15) is 4.79 Å². The van der Waals surface area contributed by atoms with Gasteiger partial charge in [-0.2, -0.15) is 0 Å². The van der Waals surface area contributed by atoms with Gasteiger partial charge in [-0.05, 0) is 31.0 Å². The van der Waals surface area contributed by atoms with Gasteiger partial charge in [-0.3, -0.25) is 4.79 Å². The van der Waals surface area contributed by atoms with Crippen LogP contribution < -0.4 is 5.32 Å². The van der Waals surface area contributed by atoms with Gasteiger partial charge in [-0.15, -0.1) is 0 Å². The highest BCUT2D eigenvalue weighted by atomic mass is 16.2. The third-order valence-electron chi connectivity index (χ3n) is 3.68. The Bertz CT molecular complexity index is 391. The first-order valence-corrected chi connectivity index (χ1v) is 6.80. The molecule has 1 fully saturated rings. The minimum atomic E-state index is 0.164. The number of amides is 1. The van der Waals surface area contributed by atoms with E-state index >= 15 is 0 Å². The number of carbonyl (C=O) groups excluding carboxylic acids is 1. The Balaban J connectivity index is 1.98. The average molecular weight is 246 g/mol. The van der Waals surface area contributed by atoms with E-state index in [1.165, 1.54) is 0 Å². The van der Waals surface area contributed by atoms with Gasteiger partial charge >= 0.3 is 0 Å². The van der Waals surface area contributed by atoms with Crippen molar-refractivity contribution in [2.45, 2.75) is 26.3 Å². The number of hydrogen-bond acceptors (Lipinski definition) is 2. The van der Waals surface area contributed by atoms with E-state index in [-0.39, 0.29) is 5.91 Å². The second kappa shape index (κ2) is 6.01. The van der Waals surface area contributed by atoms with Crippen molar-refractivity contribution in [3.05, 3.63) is 35.9 Å². The minimum Gasteiger partial charge on any atom is -0.338 e. The fourth-order valence-corrected chi connectivity index (χ4v) is 2.66. The van der Waals surface area contributed by atoms with Gasteiger partial charge in [-0.25, -0.2) is 0 Å². The van der Waals surface area contributed by atoms with Crippen molar-refractivity contribution in [1.29, 1.82) is 0 Å². The van der Waals surface area contributed by atoms with Crippen molar-refractivity contribution < 1.29 is 4.79 Å². The summed E-state index contributed by atoms with van der Waals surface area (Å²) in [4.78, 5) is 14.3. The number of likely N-dealkylation sites (tertiary alicyclic amines) is 1. The van der Waals surface area contributed by atoms with Gasteiger partial charge in [-0.1, -0.05) is 32.0 Å². The third kappa shape index (κ3) is 2.91. The molecule has 1 saturated heterocycles. The molecule has 3 nitrogen and oxygen atoms in total. The second-order valence-electron chi connectivity index (χ2n) is 5.05. The van der Waals surface area contributed by atoms with E-state index in [0.717, 1.165) is 31.6 Å². The van der Waals surface area contributed by atoms with Crippen LogP contribution in [0.2, 0.25) is 0 Å². The summed E-state index contributed by atoms with van der Waals surface area (Å²) < 4.78 is 0. The van der Waals surface area contributed by atoms with Crippen molar-refractivity contribution in [2.75, 3.05) is 19.6 Å². The number of benzene rings is 1. The number of nitrogens with one attached hydrogen (secondary N) is 1. The van der Waals surface area contributed by atoms with Crippen molar-refractivity contribution >= 4 is 5.91 Å². The molecule has 3 heteroatoms. The minimum absolute atomic E-state index is 0.164. The molecular weight excluding hydrogens is 224 g/mol. The topological polar surface area (TPSA) is 32.3 Å². The van der Waals surface area contributed by atoms with Crippen LogP contribution in [0, 0.1) is 5.92 Å². The van der Waals surface area contributed by atoms with Crippen LogP contribution in [-0.2, 0) is 0 Å². The van der Waals surface area contributed by atoms with Crippen LogP contribution in [0.4, 0.5) is 0 Å². The monoisotopic (exact) mass is 246 g/mol. The maximum Gasteiger partial charge on any atom is 0.253 e. The molecule has 1 aliphatic heterocycles. The van der Waals surface area contributed by atoms with Gasteiger partial charge < -0.3 is 10.2 Å². The molecule has 0 radical (unpaired) electrons. The van der Waals surface area contributed by atoms with Gasteiger partial charge in [0.25, 0.3) is 5.91 Å². The van der Waals surface area contributed by atoms with Gasteiger partial charge in [0, 0.05) is 24.7 Å². The van der Waals surface area contributed by atoms with E-state index in [0.29, 0.717) is 12.0 Å². The lowest BCUT2D eigenvalue weighted by Crippen LogP contribution is -2.50. The van der Waals surface area contributed by atoms with E-state index in [1.54, 1.807) is 0 Å². The predicted molar refractivity (Wildman–Crippen MR) is 73.6 cm³/mol. The van der Waals surface area contributed by atoms with Crippen LogP contribution in [0.3, 0.4) is 0 Å². The molecule has 98 valence electrons. The van der Waals surface area contributed by atoms with Gasteiger partial charge in [0.15, 0.2) is 0 Å². The SMILES string of the molecule is CCNC1CCN(C(=O)c2ccccc2)CC1C. The molecule has 1 heterocycles. The summed E-state index contributed by atoms with van der Waals surface area (Å²) in [5, 5.41) is 3.50. The summed E-state index contributed by atoms with van der Waals surface area (Å²) in [6.07, 6.45) is 1.05. The Hall–Kier alpha value is -1.35. The highest BCUT2D eigenvalue weighted by molar-refractivity contribution is 5.94. The molecule has 0 bridgehead atoms. The predicted octanol–water partition coefficient (Wildman–Crippen LogP) is 2.15. The summed E-state index contributed by atoms with van der Waals surface area (Å²) in [5.41, 5.74) is 0.798. The highest BCUT2D eigenvalue weighted by Crippen LogP contribution is 2.18. The Morgan fingerprint density at radius 1 is 1.39 bits per heavy atom. The van der Waals surface area contributed by atoms with E-state index < -0.39 is 0 Å². The maximum absolute atomic E-state index is 12.3. The first-order chi connectivity index (χ1) is 8.72. The second-order valence-corrected chi connectivity index (χ2v) is 5.05. The zero-order chi connectivity index (χ0) is 13.0. The highest BCUT2D eigenvalue weighted by Gasteiger charge is 2.28. The van der Waals surface area contributed by atoms with Gasteiger partial charge in [0.2, 0.25) is 0 Å². The van der Waals surface area contributed by atoms with Crippen LogP contribution in [0.25, 0.3) is 0 Å². The Morgan fingerprint density at radius 3 is 2.72 bits per heavy atom. The fourth-order valence-electron chi connectivity index (χ4n) is 2.66. The first kappa shape index (κ1) is 13.1. The Morgan fingerprint density at radius 2 is 2.11 bits per heavy atom. The van der Waals surface area contributed by atoms with Crippen LogP contribution in [0.15, 0.2) is 30.3 Å². The summed E-state index contributed by atoms with van der Waals surface area (Å²) >= 11 is 0. The van der Waals surface area contributed by atoms with Crippen LogP contribution >= 0.6 is 0 Å². The van der Waals surface area contributed by atoms with E-state index in [4.69, 9.17) is 0 Å². The molecule has 2 rings (SSSR count). The molecule has 2 unspecified atom stereocenters. The Labute approximate surface area is 109 Å². The summed E-state index contributed by atoms with van der Waals surface area (Å²) in [6.45, 7) is 7.06. The lowest BCUT2D eigenvalue weighted by molar-refractivity contribution is 0.0646. The van der Waals surface area contributed by atoms with E-state index in [1.807, 2.05) is 35.2 Å². The van der Waals surface area contributed by atoms with Crippen LogP contribution in [0.1, 0.15) is 30.6 Å². The lowest BCUT2D eigenvalue weighted by Gasteiger charge is -2.37. The number of carbonyl (C=O) groups is 1. The zero-order valence-electron chi connectivity index (χ0n) is 11.2. The summed E-state index contributed by atoms with van der Waals surface area (Å²) in [7, 11) is 0. The fraction of sp³-hybridized carbons (Fsp3) is 0.533. The maximum atomic E-state index is 12.3. The summed E-state index contributed by atoms with van der Waals surface area (Å²) in [5.74, 6) is 0.684. The Kier molecular flexibility index (Phi) is 4.37. The van der Waals surface area contributed by atoms with E-state index in [2.05, 4.69) is 19.2 Å². The molecule has 0 spiro atoms. The largest absolute Gasteiger partial charge is 0.338 e. The van der Waals surface area contributed by atoms with Crippen molar-refractivity contribution in [3.63, 3.8) is 0 Å². The number of hydrogen-bond donors (Lipinski definition) is 1. The number of nitrogens with zero attached hydrogens (tertiary/aromatic N) is 1. The molecule has 1 N–H and O–H groups in total. The number of rotatable bonds is 3. The molecular formula is C15H22N2O. The van der Waals surface area contributed by atoms with Crippen LogP contribution in [-0.4, -0.2) is 36.5 Å². The van der Waals surface area contributed by atoms with Gasteiger partial charge in [0.1, 0.15) is 0 Å². The number of piperidine rings is 1.